The maximum Gasteiger partial charge on any atom is 0.416 e. The molecule has 1 nitrogen and oxygen atoms in total. The van der Waals surface area contributed by atoms with Crippen molar-refractivity contribution in [1.82, 2.24) is 0 Å². The lowest BCUT2D eigenvalue weighted by Gasteiger charge is -2.13. The van der Waals surface area contributed by atoms with Crippen LogP contribution in [0.25, 0.3) is 0 Å². The Morgan fingerprint density at radius 2 is 2.00 bits per heavy atom. The molecule has 0 spiro atoms. The van der Waals surface area contributed by atoms with Crippen molar-refractivity contribution in [2.45, 2.75) is 18.6 Å². The molecular formula is C13H11BrF3NS. The van der Waals surface area contributed by atoms with Crippen LogP contribution in [0.5, 0.6) is 0 Å². The summed E-state index contributed by atoms with van der Waals surface area (Å²) in [5.74, 6) is 0. The molecular weight excluding hydrogens is 339 g/mol. The van der Waals surface area contributed by atoms with Gasteiger partial charge in [0.05, 0.1) is 5.56 Å². The lowest BCUT2D eigenvalue weighted by molar-refractivity contribution is -0.137. The first-order chi connectivity index (χ1) is 8.88. The van der Waals surface area contributed by atoms with E-state index in [1.165, 1.54) is 17.4 Å². The van der Waals surface area contributed by atoms with Crippen molar-refractivity contribution in [1.29, 1.82) is 0 Å². The van der Waals surface area contributed by atoms with Crippen LogP contribution in [0.2, 0.25) is 0 Å². The standard InChI is InChI=1S/C13H11BrF3NS/c14-10-4-5-19-12(10)11(18)7-8-2-1-3-9(6-8)13(15,16)17/h1-6,11H,7,18H2. The number of alkyl halides is 3. The summed E-state index contributed by atoms with van der Waals surface area (Å²) in [5.41, 5.74) is 5.98. The molecule has 19 heavy (non-hydrogen) atoms. The average molecular weight is 350 g/mol. The second kappa shape index (κ2) is 5.64. The maximum absolute atomic E-state index is 12.6. The Kier molecular flexibility index (Phi) is 4.32. The normalized spacial score (nSPS) is 13.5. The molecule has 0 radical (unpaired) electrons. The van der Waals surface area contributed by atoms with Gasteiger partial charge in [0.25, 0.3) is 0 Å². The van der Waals surface area contributed by atoms with Crippen molar-refractivity contribution < 1.29 is 13.2 Å². The van der Waals surface area contributed by atoms with E-state index in [2.05, 4.69) is 15.9 Å². The van der Waals surface area contributed by atoms with Crippen LogP contribution in [0.1, 0.15) is 22.0 Å². The van der Waals surface area contributed by atoms with E-state index in [9.17, 15) is 13.2 Å². The molecule has 0 saturated heterocycles. The second-order valence-electron chi connectivity index (χ2n) is 4.14. The predicted molar refractivity (Wildman–Crippen MR) is 74.1 cm³/mol. The van der Waals surface area contributed by atoms with Crippen LogP contribution in [0, 0.1) is 0 Å². The van der Waals surface area contributed by atoms with Gasteiger partial charge in [0.1, 0.15) is 0 Å². The van der Waals surface area contributed by atoms with E-state index in [-0.39, 0.29) is 6.04 Å². The molecule has 0 bridgehead atoms. The van der Waals surface area contributed by atoms with E-state index in [1.807, 2.05) is 11.4 Å². The van der Waals surface area contributed by atoms with Gasteiger partial charge in [0.2, 0.25) is 0 Å². The molecule has 0 aliphatic rings. The van der Waals surface area contributed by atoms with Gasteiger partial charge in [0, 0.05) is 15.4 Å². The van der Waals surface area contributed by atoms with E-state index in [0.717, 1.165) is 21.5 Å². The Hall–Kier alpha value is -0.850. The molecule has 2 rings (SSSR count). The molecule has 0 aliphatic carbocycles. The molecule has 1 unspecified atom stereocenters. The van der Waals surface area contributed by atoms with Gasteiger partial charge < -0.3 is 5.73 Å². The van der Waals surface area contributed by atoms with Gasteiger partial charge >= 0.3 is 6.18 Å². The topological polar surface area (TPSA) is 26.0 Å². The first-order valence-electron chi connectivity index (χ1n) is 5.52. The summed E-state index contributed by atoms with van der Waals surface area (Å²) in [6.45, 7) is 0. The number of rotatable bonds is 3. The fraction of sp³-hybridized carbons (Fsp3) is 0.231. The Labute approximate surface area is 121 Å². The fourth-order valence-electron chi connectivity index (χ4n) is 1.79. The van der Waals surface area contributed by atoms with Gasteiger partial charge in [0.15, 0.2) is 0 Å². The number of hydrogen-bond donors (Lipinski definition) is 1. The van der Waals surface area contributed by atoms with E-state index in [4.69, 9.17) is 5.73 Å². The Morgan fingerprint density at radius 1 is 1.26 bits per heavy atom. The number of nitrogens with two attached hydrogens (primary N) is 1. The van der Waals surface area contributed by atoms with Gasteiger partial charge in [-0.05, 0) is 45.4 Å². The number of hydrogen-bond acceptors (Lipinski definition) is 2. The summed E-state index contributed by atoms with van der Waals surface area (Å²) in [4.78, 5) is 0.942. The van der Waals surface area contributed by atoms with Gasteiger partial charge in [-0.1, -0.05) is 18.2 Å². The Morgan fingerprint density at radius 3 is 2.58 bits per heavy atom. The Bertz CT molecular complexity index is 565. The summed E-state index contributed by atoms with van der Waals surface area (Å²) < 4.78 is 38.7. The molecule has 0 amide bonds. The number of thiophene rings is 1. The molecule has 1 aromatic heterocycles. The van der Waals surface area contributed by atoms with Gasteiger partial charge in [-0.3, -0.25) is 0 Å². The highest BCUT2D eigenvalue weighted by molar-refractivity contribution is 9.10. The molecule has 102 valence electrons. The lowest BCUT2D eigenvalue weighted by Crippen LogP contribution is -2.13. The smallest absolute Gasteiger partial charge is 0.323 e. The summed E-state index contributed by atoms with van der Waals surface area (Å²) in [6, 6.07) is 6.87. The molecule has 1 heterocycles. The molecule has 1 aromatic carbocycles. The van der Waals surface area contributed by atoms with Crippen LogP contribution >= 0.6 is 27.3 Å². The molecule has 6 heteroatoms. The third-order valence-corrected chi connectivity index (χ3v) is 4.69. The molecule has 2 N–H and O–H groups in total. The third kappa shape index (κ3) is 3.58. The number of benzene rings is 1. The molecule has 0 saturated carbocycles. The zero-order chi connectivity index (χ0) is 14.0. The highest BCUT2D eigenvalue weighted by Crippen LogP contribution is 2.32. The summed E-state index contributed by atoms with van der Waals surface area (Å²) >= 11 is 4.87. The second-order valence-corrected chi connectivity index (χ2v) is 5.94. The van der Waals surface area contributed by atoms with Crippen molar-refractivity contribution in [2.24, 2.45) is 5.73 Å². The summed E-state index contributed by atoms with van der Waals surface area (Å²) in [6.07, 6.45) is -3.94. The molecule has 0 fully saturated rings. The summed E-state index contributed by atoms with van der Waals surface area (Å²) in [7, 11) is 0. The SMILES string of the molecule is NC(Cc1cccc(C(F)(F)F)c1)c1sccc1Br. The first-order valence-corrected chi connectivity index (χ1v) is 7.20. The highest BCUT2D eigenvalue weighted by Gasteiger charge is 2.30. The Balaban J connectivity index is 2.18. The zero-order valence-electron chi connectivity index (χ0n) is 9.75. The van der Waals surface area contributed by atoms with Gasteiger partial charge in [-0.15, -0.1) is 11.3 Å². The maximum atomic E-state index is 12.6. The monoisotopic (exact) mass is 349 g/mol. The van der Waals surface area contributed by atoms with Crippen LogP contribution in [0.4, 0.5) is 13.2 Å². The third-order valence-electron chi connectivity index (χ3n) is 2.69. The van der Waals surface area contributed by atoms with Crippen molar-refractivity contribution in [3.8, 4) is 0 Å². The van der Waals surface area contributed by atoms with Crippen LogP contribution in [0.15, 0.2) is 40.2 Å². The first kappa shape index (κ1) is 14.6. The number of halogens is 4. The quantitative estimate of drug-likeness (QED) is 0.848. The fourth-order valence-corrected chi connectivity index (χ4v) is 3.46. The van der Waals surface area contributed by atoms with E-state index in [0.29, 0.717) is 12.0 Å². The van der Waals surface area contributed by atoms with Crippen LogP contribution < -0.4 is 5.73 Å². The van der Waals surface area contributed by atoms with Crippen molar-refractivity contribution >= 4 is 27.3 Å². The zero-order valence-corrected chi connectivity index (χ0v) is 12.1. The minimum Gasteiger partial charge on any atom is -0.323 e. The van der Waals surface area contributed by atoms with Crippen molar-refractivity contribution in [3.63, 3.8) is 0 Å². The predicted octanol–water partition coefficient (Wildman–Crippen LogP) is 4.77. The largest absolute Gasteiger partial charge is 0.416 e. The van der Waals surface area contributed by atoms with Crippen molar-refractivity contribution in [2.75, 3.05) is 0 Å². The minimum absolute atomic E-state index is 0.308. The van der Waals surface area contributed by atoms with Gasteiger partial charge in [-0.2, -0.15) is 13.2 Å². The minimum atomic E-state index is -4.32. The molecule has 2 aromatic rings. The van der Waals surface area contributed by atoms with E-state index < -0.39 is 11.7 Å². The van der Waals surface area contributed by atoms with E-state index in [1.54, 1.807) is 6.07 Å². The molecule has 1 atom stereocenters. The summed E-state index contributed by atoms with van der Waals surface area (Å²) in [5, 5.41) is 1.89. The van der Waals surface area contributed by atoms with Gasteiger partial charge in [-0.25, -0.2) is 0 Å². The highest BCUT2D eigenvalue weighted by atomic mass is 79.9. The van der Waals surface area contributed by atoms with Crippen molar-refractivity contribution in [3.05, 3.63) is 56.2 Å². The van der Waals surface area contributed by atoms with Crippen LogP contribution in [-0.4, -0.2) is 0 Å². The van der Waals surface area contributed by atoms with Crippen LogP contribution in [0.3, 0.4) is 0 Å². The van der Waals surface area contributed by atoms with E-state index >= 15 is 0 Å². The average Bonchev–Trinajstić information content (AvgIpc) is 2.75. The van der Waals surface area contributed by atoms with Crippen LogP contribution in [-0.2, 0) is 12.6 Å². The molecule has 0 aliphatic heterocycles. The lowest BCUT2D eigenvalue weighted by atomic mass is 10.0.